The second-order valence-electron chi connectivity index (χ2n) is 3.03. The van der Waals surface area contributed by atoms with E-state index in [0.717, 1.165) is 18.4 Å². The van der Waals surface area contributed by atoms with E-state index in [1.165, 1.54) is 0 Å². The molecule has 2 N–H and O–H groups in total. The van der Waals surface area contributed by atoms with Crippen LogP contribution < -0.4 is 10.5 Å². The molecule has 4 nitrogen and oxygen atoms in total. The number of carbonyl (C=O) groups is 1. The maximum atomic E-state index is 10.5. The second kappa shape index (κ2) is 5.21. The van der Waals surface area contributed by atoms with Gasteiger partial charge >= 0.3 is 0 Å². The molecule has 1 heterocycles. The molecule has 1 rings (SSSR count). The van der Waals surface area contributed by atoms with Gasteiger partial charge in [-0.05, 0) is 18.4 Å². The first-order valence-corrected chi connectivity index (χ1v) is 4.49. The Morgan fingerprint density at radius 2 is 2.36 bits per heavy atom. The van der Waals surface area contributed by atoms with E-state index in [4.69, 9.17) is 10.5 Å². The molecule has 1 aromatic heterocycles. The average Bonchev–Trinajstić information content (AvgIpc) is 2.18. The van der Waals surface area contributed by atoms with Crippen molar-refractivity contribution in [2.75, 3.05) is 7.11 Å². The number of carbonyl (C=O) groups excluding carboxylic acids is 1. The van der Waals surface area contributed by atoms with Gasteiger partial charge in [0.1, 0.15) is 0 Å². The van der Waals surface area contributed by atoms with Gasteiger partial charge in [0.25, 0.3) is 0 Å². The van der Waals surface area contributed by atoms with Gasteiger partial charge in [-0.15, -0.1) is 0 Å². The summed E-state index contributed by atoms with van der Waals surface area (Å²) in [5.74, 6) is 0.343. The minimum Gasteiger partial charge on any atom is -0.481 e. The monoisotopic (exact) mass is 194 g/mol. The minimum absolute atomic E-state index is 0.258. The topological polar surface area (TPSA) is 65.2 Å². The molecule has 4 heteroatoms. The number of nitrogens with two attached hydrogens (primary N) is 1. The molecule has 76 valence electrons. The van der Waals surface area contributed by atoms with E-state index in [2.05, 4.69) is 4.98 Å². The number of rotatable bonds is 5. The first kappa shape index (κ1) is 10.5. The number of aryl methyl sites for hydroxylation is 1. The predicted octanol–water partition coefficient (Wildman–Crippen LogP) is 0.898. The van der Waals surface area contributed by atoms with E-state index < -0.39 is 0 Å². The maximum Gasteiger partial charge on any atom is 0.217 e. The number of pyridine rings is 1. The van der Waals surface area contributed by atoms with Crippen LogP contribution in [0, 0.1) is 0 Å². The van der Waals surface area contributed by atoms with E-state index in [0.29, 0.717) is 12.3 Å². The van der Waals surface area contributed by atoms with Crippen LogP contribution in [0.4, 0.5) is 0 Å². The van der Waals surface area contributed by atoms with Crippen molar-refractivity contribution in [3.8, 4) is 5.88 Å². The summed E-state index contributed by atoms with van der Waals surface area (Å²) in [6.07, 6.45) is 3.76. The fourth-order valence-electron chi connectivity index (χ4n) is 1.15. The SMILES string of the molecule is COc1ccc(CCCC(N)=O)cn1. The van der Waals surface area contributed by atoms with Crippen LogP contribution in [0.3, 0.4) is 0 Å². The van der Waals surface area contributed by atoms with E-state index in [9.17, 15) is 4.79 Å². The van der Waals surface area contributed by atoms with Crippen LogP contribution in [-0.2, 0) is 11.2 Å². The largest absolute Gasteiger partial charge is 0.481 e. The number of nitrogens with zero attached hydrogens (tertiary/aromatic N) is 1. The quantitative estimate of drug-likeness (QED) is 0.757. The fourth-order valence-corrected chi connectivity index (χ4v) is 1.15. The van der Waals surface area contributed by atoms with E-state index >= 15 is 0 Å². The molecular formula is C10H14N2O2. The van der Waals surface area contributed by atoms with Gasteiger partial charge in [0.05, 0.1) is 7.11 Å². The van der Waals surface area contributed by atoms with Crippen LogP contribution >= 0.6 is 0 Å². The van der Waals surface area contributed by atoms with Gasteiger partial charge in [0.2, 0.25) is 11.8 Å². The Hall–Kier alpha value is -1.58. The standard InChI is InChI=1S/C10H14N2O2/c1-14-10-6-5-8(7-12-10)3-2-4-9(11)13/h5-7H,2-4H2,1H3,(H2,11,13). The summed E-state index contributed by atoms with van der Waals surface area (Å²) in [7, 11) is 1.58. The summed E-state index contributed by atoms with van der Waals surface area (Å²) in [5, 5.41) is 0. The first-order chi connectivity index (χ1) is 6.72. The number of ether oxygens (including phenoxy) is 1. The lowest BCUT2D eigenvalue weighted by Crippen LogP contribution is -2.10. The number of hydrogen-bond acceptors (Lipinski definition) is 3. The lowest BCUT2D eigenvalue weighted by Gasteiger charge is -2.01. The molecule has 0 fully saturated rings. The highest BCUT2D eigenvalue weighted by Crippen LogP contribution is 2.08. The van der Waals surface area contributed by atoms with Gasteiger partial charge in [-0.2, -0.15) is 0 Å². The Morgan fingerprint density at radius 1 is 1.57 bits per heavy atom. The zero-order chi connectivity index (χ0) is 10.4. The Bertz CT molecular complexity index is 295. The van der Waals surface area contributed by atoms with E-state index in [1.54, 1.807) is 19.4 Å². The molecule has 0 aliphatic heterocycles. The van der Waals surface area contributed by atoms with Crippen molar-refractivity contribution in [3.63, 3.8) is 0 Å². The Labute approximate surface area is 83.1 Å². The summed E-state index contributed by atoms with van der Waals surface area (Å²) in [4.78, 5) is 14.5. The third-order valence-electron chi connectivity index (χ3n) is 1.90. The number of primary amides is 1. The van der Waals surface area contributed by atoms with E-state index in [-0.39, 0.29) is 5.91 Å². The van der Waals surface area contributed by atoms with Crippen LogP contribution in [-0.4, -0.2) is 18.0 Å². The van der Waals surface area contributed by atoms with Gasteiger partial charge in [-0.25, -0.2) is 4.98 Å². The van der Waals surface area contributed by atoms with Gasteiger partial charge in [-0.1, -0.05) is 6.07 Å². The Morgan fingerprint density at radius 3 is 2.86 bits per heavy atom. The highest BCUT2D eigenvalue weighted by Gasteiger charge is 1.98. The average molecular weight is 194 g/mol. The summed E-state index contributed by atoms with van der Waals surface area (Å²) in [6.45, 7) is 0. The van der Waals surface area contributed by atoms with Gasteiger partial charge in [0.15, 0.2) is 0 Å². The van der Waals surface area contributed by atoms with Crippen LogP contribution in [0.1, 0.15) is 18.4 Å². The third kappa shape index (κ3) is 3.43. The molecule has 0 aliphatic rings. The lowest BCUT2D eigenvalue weighted by molar-refractivity contribution is -0.118. The summed E-state index contributed by atoms with van der Waals surface area (Å²) >= 11 is 0. The highest BCUT2D eigenvalue weighted by molar-refractivity contribution is 5.73. The van der Waals surface area contributed by atoms with Gasteiger partial charge in [0, 0.05) is 18.7 Å². The highest BCUT2D eigenvalue weighted by atomic mass is 16.5. The summed E-state index contributed by atoms with van der Waals surface area (Å²) < 4.78 is 4.93. The molecule has 14 heavy (non-hydrogen) atoms. The molecule has 0 unspecified atom stereocenters. The molecule has 0 spiro atoms. The molecule has 0 aromatic carbocycles. The molecule has 0 aliphatic carbocycles. The van der Waals surface area contributed by atoms with Crippen molar-refractivity contribution in [1.29, 1.82) is 0 Å². The number of hydrogen-bond donors (Lipinski definition) is 1. The van der Waals surface area contributed by atoms with Crippen LogP contribution in [0.25, 0.3) is 0 Å². The molecular weight excluding hydrogens is 180 g/mol. The maximum absolute atomic E-state index is 10.5. The zero-order valence-corrected chi connectivity index (χ0v) is 8.19. The summed E-state index contributed by atoms with van der Waals surface area (Å²) in [5.41, 5.74) is 6.12. The number of amides is 1. The van der Waals surface area contributed by atoms with Crippen LogP contribution in [0.15, 0.2) is 18.3 Å². The second-order valence-corrected chi connectivity index (χ2v) is 3.03. The number of methoxy groups -OCH3 is 1. The molecule has 0 saturated heterocycles. The van der Waals surface area contributed by atoms with Crippen molar-refractivity contribution in [2.24, 2.45) is 5.73 Å². The van der Waals surface area contributed by atoms with Crippen molar-refractivity contribution in [2.45, 2.75) is 19.3 Å². The smallest absolute Gasteiger partial charge is 0.217 e. The van der Waals surface area contributed by atoms with Gasteiger partial charge in [-0.3, -0.25) is 4.79 Å². The van der Waals surface area contributed by atoms with Crippen molar-refractivity contribution < 1.29 is 9.53 Å². The Balaban J connectivity index is 2.40. The third-order valence-corrected chi connectivity index (χ3v) is 1.90. The minimum atomic E-state index is -0.258. The van der Waals surface area contributed by atoms with Gasteiger partial charge < -0.3 is 10.5 Å². The van der Waals surface area contributed by atoms with Crippen molar-refractivity contribution in [3.05, 3.63) is 23.9 Å². The molecule has 1 aromatic rings. The molecule has 0 bridgehead atoms. The first-order valence-electron chi connectivity index (χ1n) is 4.49. The van der Waals surface area contributed by atoms with Crippen LogP contribution in [0.2, 0.25) is 0 Å². The fraction of sp³-hybridized carbons (Fsp3) is 0.400. The molecule has 0 saturated carbocycles. The van der Waals surface area contributed by atoms with Crippen molar-refractivity contribution in [1.82, 2.24) is 4.98 Å². The van der Waals surface area contributed by atoms with E-state index in [1.807, 2.05) is 6.07 Å². The van der Waals surface area contributed by atoms with Crippen molar-refractivity contribution >= 4 is 5.91 Å². The lowest BCUT2D eigenvalue weighted by atomic mass is 10.1. The van der Waals surface area contributed by atoms with Crippen LogP contribution in [0.5, 0.6) is 5.88 Å². The zero-order valence-electron chi connectivity index (χ0n) is 8.19. The normalized spacial score (nSPS) is 9.79. The Kier molecular flexibility index (Phi) is 3.91. The molecule has 0 radical (unpaired) electrons. The molecule has 0 atom stereocenters. The number of aromatic nitrogens is 1. The predicted molar refractivity (Wildman–Crippen MR) is 52.9 cm³/mol. The summed E-state index contributed by atoms with van der Waals surface area (Å²) in [6, 6.07) is 3.74. The molecule has 1 amide bonds.